The van der Waals surface area contributed by atoms with Gasteiger partial charge in [-0.3, -0.25) is 0 Å². The maximum atomic E-state index is 6.49. The van der Waals surface area contributed by atoms with Crippen molar-refractivity contribution in [1.82, 2.24) is 9.13 Å². The van der Waals surface area contributed by atoms with E-state index in [9.17, 15) is 0 Å². The van der Waals surface area contributed by atoms with Crippen molar-refractivity contribution in [2.24, 2.45) is 0 Å². The Labute approximate surface area is 301 Å². The quantitative estimate of drug-likeness (QED) is 0.173. The molecule has 0 unspecified atom stereocenters. The zero-order chi connectivity index (χ0) is 34.8. The molecule has 0 radical (unpaired) electrons. The van der Waals surface area contributed by atoms with Crippen LogP contribution in [0.15, 0.2) is 175 Å². The molecule has 0 bridgehead atoms. The third-order valence-corrected chi connectivity index (χ3v) is 10.4. The largest absolute Gasteiger partial charge is 0.455 e. The van der Waals surface area contributed by atoms with Crippen LogP contribution < -0.4 is 0 Å². The number of nitrogens with zero attached hydrogens (tertiary/aromatic N) is 2. The predicted molar refractivity (Wildman–Crippen MR) is 221 cm³/mol. The third-order valence-electron chi connectivity index (χ3n) is 10.4. The summed E-state index contributed by atoms with van der Waals surface area (Å²) in [5.41, 5.74) is 13.4. The standard InChI is InChI=1S/C49H34N2O/c1-3-17-37-38-27-16-26-36(49(38)52-45(37)4-2)32-18-15-19-33(30-32)41-31-44-47(40-25-12-13-28-42(40)50(44)34-20-7-5-8-21-34)48-46(41)39-24-11-14-29-43(39)51(48)35-22-9-6-10-23-35/h3-31H,2H2,1H3/b17-3-. The van der Waals surface area contributed by atoms with Gasteiger partial charge in [0, 0.05) is 49.4 Å². The molecule has 52 heavy (non-hydrogen) atoms. The fourth-order valence-corrected chi connectivity index (χ4v) is 8.26. The summed E-state index contributed by atoms with van der Waals surface area (Å²) in [4.78, 5) is 0. The number of furan rings is 1. The summed E-state index contributed by atoms with van der Waals surface area (Å²) in [7, 11) is 0. The van der Waals surface area contributed by atoms with Crippen LogP contribution in [0.1, 0.15) is 18.2 Å². The summed E-state index contributed by atoms with van der Waals surface area (Å²) in [6, 6.07) is 56.9. The minimum atomic E-state index is 0.784. The molecule has 3 nitrogen and oxygen atoms in total. The van der Waals surface area contributed by atoms with Crippen LogP contribution in [0.25, 0.3) is 100 Å². The molecule has 0 spiro atoms. The molecule has 3 heteroatoms. The van der Waals surface area contributed by atoms with Crippen LogP contribution in [0, 0.1) is 0 Å². The van der Waals surface area contributed by atoms with Crippen LogP contribution in [0.3, 0.4) is 0 Å². The first kappa shape index (κ1) is 30.0. The number of benzene rings is 7. The van der Waals surface area contributed by atoms with Crippen LogP contribution in [0.2, 0.25) is 0 Å². The first-order valence-corrected chi connectivity index (χ1v) is 17.8. The number of aromatic nitrogens is 2. The lowest BCUT2D eigenvalue weighted by Gasteiger charge is -2.13. The maximum Gasteiger partial charge on any atom is 0.143 e. The molecule has 0 saturated heterocycles. The summed E-state index contributed by atoms with van der Waals surface area (Å²) in [6.45, 7) is 6.07. The Bertz CT molecular complexity index is 3030. The van der Waals surface area contributed by atoms with E-state index < -0.39 is 0 Å². The minimum absolute atomic E-state index is 0.784. The molecule has 10 rings (SSSR count). The van der Waals surface area contributed by atoms with Gasteiger partial charge in [-0.25, -0.2) is 0 Å². The second kappa shape index (κ2) is 11.9. The highest BCUT2D eigenvalue weighted by molar-refractivity contribution is 6.30. The normalized spacial score (nSPS) is 11.9. The Morgan fingerprint density at radius 1 is 0.519 bits per heavy atom. The number of allylic oxidation sites excluding steroid dienone is 1. The number of para-hydroxylation sites is 5. The first-order valence-electron chi connectivity index (χ1n) is 17.8. The Morgan fingerprint density at radius 2 is 1.10 bits per heavy atom. The van der Waals surface area contributed by atoms with Gasteiger partial charge in [-0.1, -0.05) is 128 Å². The van der Waals surface area contributed by atoms with Crippen LogP contribution >= 0.6 is 0 Å². The minimum Gasteiger partial charge on any atom is -0.455 e. The highest BCUT2D eigenvalue weighted by Gasteiger charge is 2.24. The number of hydrogen-bond acceptors (Lipinski definition) is 1. The second-order valence-electron chi connectivity index (χ2n) is 13.3. The van der Waals surface area contributed by atoms with Gasteiger partial charge < -0.3 is 13.6 Å². The van der Waals surface area contributed by atoms with E-state index in [4.69, 9.17) is 4.42 Å². The molecule has 246 valence electrons. The zero-order valence-electron chi connectivity index (χ0n) is 28.8. The third kappa shape index (κ3) is 4.39. The Kier molecular flexibility index (Phi) is 6.87. The van der Waals surface area contributed by atoms with E-state index in [-0.39, 0.29) is 0 Å². The van der Waals surface area contributed by atoms with E-state index in [0.717, 1.165) is 50.4 Å². The number of hydrogen-bond donors (Lipinski definition) is 0. The lowest BCUT2D eigenvalue weighted by atomic mass is 9.93. The van der Waals surface area contributed by atoms with Crippen LogP contribution in [0.4, 0.5) is 0 Å². The Hall–Kier alpha value is -6.84. The van der Waals surface area contributed by atoms with E-state index in [1.807, 2.05) is 13.0 Å². The lowest BCUT2D eigenvalue weighted by Crippen LogP contribution is -1.96. The molecule has 0 aliphatic heterocycles. The van der Waals surface area contributed by atoms with E-state index >= 15 is 0 Å². The van der Waals surface area contributed by atoms with Gasteiger partial charge in [0.25, 0.3) is 0 Å². The topological polar surface area (TPSA) is 23.0 Å². The maximum absolute atomic E-state index is 6.49. The van der Waals surface area contributed by atoms with Crippen molar-refractivity contribution in [3.05, 3.63) is 182 Å². The van der Waals surface area contributed by atoms with Crippen molar-refractivity contribution in [3.8, 4) is 33.6 Å². The summed E-state index contributed by atoms with van der Waals surface area (Å²) < 4.78 is 11.4. The molecular weight excluding hydrogens is 633 g/mol. The van der Waals surface area contributed by atoms with E-state index in [1.54, 1.807) is 6.08 Å². The zero-order valence-corrected chi connectivity index (χ0v) is 28.8. The van der Waals surface area contributed by atoms with E-state index in [2.05, 4.69) is 180 Å². The van der Waals surface area contributed by atoms with Gasteiger partial charge in [0.2, 0.25) is 0 Å². The Morgan fingerprint density at radius 3 is 1.79 bits per heavy atom. The molecule has 0 fully saturated rings. The fourth-order valence-electron chi connectivity index (χ4n) is 8.26. The van der Waals surface area contributed by atoms with Crippen molar-refractivity contribution >= 4 is 66.7 Å². The van der Waals surface area contributed by atoms with Crippen molar-refractivity contribution in [1.29, 1.82) is 0 Å². The second-order valence-corrected chi connectivity index (χ2v) is 13.3. The highest BCUT2D eigenvalue weighted by atomic mass is 16.3. The molecule has 0 N–H and O–H groups in total. The molecule has 3 heterocycles. The predicted octanol–water partition coefficient (Wildman–Crippen LogP) is 13.6. The summed E-state index contributed by atoms with van der Waals surface area (Å²) in [5, 5.41) is 6.01. The van der Waals surface area contributed by atoms with E-state index in [0.29, 0.717) is 0 Å². The molecule has 0 atom stereocenters. The molecule has 7 aromatic carbocycles. The van der Waals surface area contributed by atoms with E-state index in [1.165, 1.54) is 49.2 Å². The monoisotopic (exact) mass is 666 g/mol. The molecule has 0 amide bonds. The van der Waals surface area contributed by atoms with Gasteiger partial charge in [0.05, 0.1) is 22.1 Å². The molecule has 10 aromatic rings. The van der Waals surface area contributed by atoms with Crippen LogP contribution in [-0.2, 0) is 0 Å². The highest BCUT2D eigenvalue weighted by Crippen LogP contribution is 2.47. The lowest BCUT2D eigenvalue weighted by molar-refractivity contribution is 0.604. The van der Waals surface area contributed by atoms with Crippen LogP contribution in [0.5, 0.6) is 0 Å². The molecule has 0 aliphatic rings. The summed E-state index contributed by atoms with van der Waals surface area (Å²) in [6.07, 6.45) is 5.95. The van der Waals surface area contributed by atoms with Gasteiger partial charge in [0.1, 0.15) is 11.3 Å². The first-order chi connectivity index (χ1) is 25.7. The fraction of sp³-hybridized carbons (Fsp3) is 0.0204. The number of rotatable bonds is 6. The smallest absolute Gasteiger partial charge is 0.143 e. The van der Waals surface area contributed by atoms with Crippen molar-refractivity contribution in [2.45, 2.75) is 6.92 Å². The van der Waals surface area contributed by atoms with Crippen molar-refractivity contribution < 1.29 is 4.42 Å². The average Bonchev–Trinajstić information content (AvgIpc) is 3.86. The molecule has 0 aliphatic carbocycles. The Balaban J connectivity index is 1.36. The SMILES string of the molecule is C=Cc1oc2c(-c3cccc(-c4cc5c(c6ccccc6n5-c5ccccc5)c5c4c4ccccc4n5-c4ccccc4)c3)cccc2c1/C=C\C. The molecular formula is C49H34N2O. The average molecular weight is 667 g/mol. The summed E-state index contributed by atoms with van der Waals surface area (Å²) >= 11 is 0. The van der Waals surface area contributed by atoms with Crippen molar-refractivity contribution in [2.75, 3.05) is 0 Å². The molecule has 3 aromatic heterocycles. The summed E-state index contributed by atoms with van der Waals surface area (Å²) in [5.74, 6) is 0.784. The van der Waals surface area contributed by atoms with Crippen LogP contribution in [-0.4, -0.2) is 9.13 Å². The van der Waals surface area contributed by atoms with Gasteiger partial charge in [-0.2, -0.15) is 0 Å². The number of fused-ring (bicyclic) bond motifs is 8. The molecule has 0 saturated carbocycles. The van der Waals surface area contributed by atoms with Gasteiger partial charge in [-0.15, -0.1) is 0 Å². The van der Waals surface area contributed by atoms with Gasteiger partial charge in [-0.05, 0) is 78.2 Å². The van der Waals surface area contributed by atoms with Gasteiger partial charge >= 0.3 is 0 Å². The van der Waals surface area contributed by atoms with Crippen molar-refractivity contribution in [3.63, 3.8) is 0 Å². The van der Waals surface area contributed by atoms with Gasteiger partial charge in [0.15, 0.2) is 0 Å².